The van der Waals surface area contributed by atoms with Gasteiger partial charge in [0.25, 0.3) is 0 Å². The predicted octanol–water partition coefficient (Wildman–Crippen LogP) is 1.06. The van der Waals surface area contributed by atoms with Crippen molar-refractivity contribution in [1.29, 1.82) is 0 Å². The molecule has 0 aliphatic rings. The van der Waals surface area contributed by atoms with Crippen molar-refractivity contribution >= 4 is 5.91 Å². The summed E-state index contributed by atoms with van der Waals surface area (Å²) in [6.45, 7) is 1.91. The molecule has 4 heteroatoms. The van der Waals surface area contributed by atoms with Crippen LogP contribution in [0.4, 0.5) is 0 Å². The van der Waals surface area contributed by atoms with Crippen LogP contribution in [0.5, 0.6) is 0 Å². The molecule has 4 nitrogen and oxygen atoms in total. The van der Waals surface area contributed by atoms with Gasteiger partial charge in [0.1, 0.15) is 0 Å². The summed E-state index contributed by atoms with van der Waals surface area (Å²) in [7, 11) is 3.51. The van der Waals surface area contributed by atoms with Gasteiger partial charge in [-0.05, 0) is 18.2 Å². The number of benzene rings is 1. The summed E-state index contributed by atoms with van der Waals surface area (Å²) in [6.07, 6.45) is 0.512. The van der Waals surface area contributed by atoms with Gasteiger partial charge in [-0.2, -0.15) is 0 Å². The second-order valence-electron chi connectivity index (χ2n) is 3.88. The molecule has 1 rings (SSSR count). The summed E-state index contributed by atoms with van der Waals surface area (Å²) >= 11 is 0. The quantitative estimate of drug-likeness (QED) is 0.744. The highest BCUT2D eigenvalue weighted by atomic mass is 16.5. The zero-order valence-electron chi connectivity index (χ0n) is 10.5. The average Bonchev–Trinajstić information content (AvgIpc) is 2.36. The fourth-order valence-electron chi connectivity index (χ4n) is 1.45. The molecule has 17 heavy (non-hydrogen) atoms. The molecule has 0 bridgehead atoms. The molecule has 1 amide bonds. The van der Waals surface area contributed by atoms with Crippen molar-refractivity contribution in [3.63, 3.8) is 0 Å². The van der Waals surface area contributed by atoms with E-state index in [0.717, 1.165) is 11.1 Å². The molecule has 0 aliphatic carbocycles. The Morgan fingerprint density at radius 3 is 2.47 bits per heavy atom. The maximum Gasteiger partial charge on any atom is 0.221 e. The van der Waals surface area contributed by atoms with Gasteiger partial charge in [0, 0.05) is 26.6 Å². The maximum atomic E-state index is 11.4. The second-order valence-corrected chi connectivity index (χ2v) is 3.88. The lowest BCUT2D eigenvalue weighted by Crippen LogP contribution is -2.26. The van der Waals surface area contributed by atoms with Gasteiger partial charge in [-0.25, -0.2) is 0 Å². The number of methoxy groups -OCH3 is 1. The van der Waals surface area contributed by atoms with E-state index in [1.54, 1.807) is 7.11 Å². The van der Waals surface area contributed by atoms with Crippen molar-refractivity contribution in [3.8, 4) is 0 Å². The summed E-state index contributed by atoms with van der Waals surface area (Å²) < 4.78 is 5.03. The molecule has 94 valence electrons. The lowest BCUT2D eigenvalue weighted by molar-refractivity contribution is -0.121. The van der Waals surface area contributed by atoms with Crippen molar-refractivity contribution in [2.45, 2.75) is 19.6 Å². The van der Waals surface area contributed by atoms with Crippen molar-refractivity contribution in [2.24, 2.45) is 0 Å². The molecule has 0 aromatic heterocycles. The first-order chi connectivity index (χ1) is 8.26. The van der Waals surface area contributed by atoms with Crippen molar-refractivity contribution in [2.75, 3.05) is 20.7 Å². The number of carbonyl (C=O) groups excluding carboxylic acids is 1. The van der Waals surface area contributed by atoms with Crippen LogP contribution in [0.1, 0.15) is 17.5 Å². The van der Waals surface area contributed by atoms with E-state index in [2.05, 4.69) is 10.6 Å². The van der Waals surface area contributed by atoms with Gasteiger partial charge in [0.05, 0.1) is 6.61 Å². The van der Waals surface area contributed by atoms with E-state index >= 15 is 0 Å². The van der Waals surface area contributed by atoms with E-state index in [0.29, 0.717) is 26.1 Å². The minimum atomic E-state index is 0.0697. The molecule has 1 aromatic carbocycles. The number of carbonyl (C=O) groups is 1. The summed E-state index contributed by atoms with van der Waals surface area (Å²) in [5.41, 5.74) is 2.24. The lowest BCUT2D eigenvalue weighted by Gasteiger charge is -2.06. The van der Waals surface area contributed by atoms with E-state index in [4.69, 9.17) is 4.74 Å². The highest BCUT2D eigenvalue weighted by molar-refractivity contribution is 5.76. The van der Waals surface area contributed by atoms with E-state index in [-0.39, 0.29) is 5.91 Å². The maximum absolute atomic E-state index is 11.4. The van der Waals surface area contributed by atoms with Crippen LogP contribution < -0.4 is 10.6 Å². The normalized spacial score (nSPS) is 10.2. The number of ether oxygens (including phenoxy) is 1. The zero-order chi connectivity index (χ0) is 12.5. The molecule has 0 heterocycles. The third-order valence-corrected chi connectivity index (χ3v) is 2.43. The number of amides is 1. The predicted molar refractivity (Wildman–Crippen MR) is 67.5 cm³/mol. The summed E-state index contributed by atoms with van der Waals surface area (Å²) in [5.74, 6) is 0.0697. The van der Waals surface area contributed by atoms with Gasteiger partial charge < -0.3 is 15.4 Å². The lowest BCUT2D eigenvalue weighted by atomic mass is 10.1. The molecular formula is C13H20N2O2. The van der Waals surface area contributed by atoms with Crippen molar-refractivity contribution < 1.29 is 9.53 Å². The molecule has 0 saturated heterocycles. The van der Waals surface area contributed by atoms with E-state index < -0.39 is 0 Å². The minimum Gasteiger partial charge on any atom is -0.380 e. The van der Waals surface area contributed by atoms with Crippen LogP contribution in [0.15, 0.2) is 24.3 Å². The Balaban J connectivity index is 2.34. The molecule has 1 aromatic rings. The molecular weight excluding hydrogens is 216 g/mol. The molecule has 0 spiro atoms. The standard InChI is InChI=1S/C13H20N2O2/c1-14-8-7-13(16)15-9-11-3-5-12(6-4-11)10-17-2/h3-6,14H,7-10H2,1-2H3,(H,15,16). The third kappa shape index (κ3) is 5.47. The zero-order valence-corrected chi connectivity index (χ0v) is 10.5. The van der Waals surface area contributed by atoms with Gasteiger partial charge in [0.15, 0.2) is 0 Å². The number of hydrogen-bond acceptors (Lipinski definition) is 3. The van der Waals surface area contributed by atoms with Crippen LogP contribution in [-0.2, 0) is 22.7 Å². The highest BCUT2D eigenvalue weighted by Crippen LogP contribution is 2.05. The van der Waals surface area contributed by atoms with Crippen molar-refractivity contribution in [1.82, 2.24) is 10.6 Å². The van der Waals surface area contributed by atoms with E-state index in [1.165, 1.54) is 0 Å². The number of hydrogen-bond donors (Lipinski definition) is 2. The summed E-state index contributed by atoms with van der Waals surface area (Å²) in [6, 6.07) is 8.04. The highest BCUT2D eigenvalue weighted by Gasteiger charge is 2.00. The molecule has 0 radical (unpaired) electrons. The molecule has 0 saturated carbocycles. The summed E-state index contributed by atoms with van der Waals surface area (Å²) in [5, 5.41) is 5.82. The molecule has 2 N–H and O–H groups in total. The van der Waals surface area contributed by atoms with E-state index in [9.17, 15) is 4.79 Å². The molecule has 0 aliphatic heterocycles. The van der Waals surface area contributed by atoms with Crippen LogP contribution in [0.25, 0.3) is 0 Å². The fraction of sp³-hybridized carbons (Fsp3) is 0.462. The molecule has 0 atom stereocenters. The first kappa shape index (κ1) is 13.7. The van der Waals surface area contributed by atoms with Gasteiger partial charge in [-0.3, -0.25) is 4.79 Å². The Labute approximate surface area is 102 Å². The van der Waals surface area contributed by atoms with Crippen LogP contribution in [0.2, 0.25) is 0 Å². The SMILES string of the molecule is CNCCC(=O)NCc1ccc(COC)cc1. The van der Waals surface area contributed by atoms with E-state index in [1.807, 2.05) is 31.3 Å². The second kappa shape index (κ2) is 7.81. The Morgan fingerprint density at radius 1 is 1.24 bits per heavy atom. The third-order valence-electron chi connectivity index (χ3n) is 2.43. The average molecular weight is 236 g/mol. The van der Waals surface area contributed by atoms with Crippen LogP contribution in [0, 0.1) is 0 Å². The Hall–Kier alpha value is -1.39. The van der Waals surface area contributed by atoms with Gasteiger partial charge in [-0.1, -0.05) is 24.3 Å². The minimum absolute atomic E-state index is 0.0697. The van der Waals surface area contributed by atoms with Gasteiger partial charge in [0.2, 0.25) is 5.91 Å². The number of nitrogens with one attached hydrogen (secondary N) is 2. The van der Waals surface area contributed by atoms with Gasteiger partial charge >= 0.3 is 0 Å². The monoisotopic (exact) mass is 236 g/mol. The van der Waals surface area contributed by atoms with Crippen LogP contribution >= 0.6 is 0 Å². The number of rotatable bonds is 7. The fourth-order valence-corrected chi connectivity index (χ4v) is 1.45. The Kier molecular flexibility index (Phi) is 6.29. The molecule has 0 fully saturated rings. The Morgan fingerprint density at radius 2 is 1.88 bits per heavy atom. The van der Waals surface area contributed by atoms with Gasteiger partial charge in [-0.15, -0.1) is 0 Å². The van der Waals surface area contributed by atoms with Crippen LogP contribution in [0.3, 0.4) is 0 Å². The first-order valence-electron chi connectivity index (χ1n) is 5.74. The first-order valence-corrected chi connectivity index (χ1v) is 5.74. The Bertz CT molecular complexity index is 336. The summed E-state index contributed by atoms with van der Waals surface area (Å²) in [4.78, 5) is 11.4. The topological polar surface area (TPSA) is 50.4 Å². The van der Waals surface area contributed by atoms with Crippen molar-refractivity contribution in [3.05, 3.63) is 35.4 Å². The smallest absolute Gasteiger partial charge is 0.221 e. The molecule has 0 unspecified atom stereocenters. The largest absolute Gasteiger partial charge is 0.380 e. The van der Waals surface area contributed by atoms with Crippen LogP contribution in [-0.4, -0.2) is 26.6 Å².